The summed E-state index contributed by atoms with van der Waals surface area (Å²) in [6, 6.07) is 9.81. The minimum atomic E-state index is -1.20. The SMILES string of the molecule is Cc1cc[n+](C2=C(C(=O)O)N3C(=O)[C@@H](NC(=O)C(=NOCc4ccccc4)c4csc(N)n4)C3CC2)cc1C.[OH-]. The summed E-state index contributed by atoms with van der Waals surface area (Å²) in [6.45, 7) is 4.04. The summed E-state index contributed by atoms with van der Waals surface area (Å²) in [5.74, 6) is -2.37. The maximum Gasteiger partial charge on any atom is 0.359 e. The molecule has 2 aliphatic rings. The number of aryl methyl sites for hydroxylation is 2. The number of β-lactam (4-membered cyclic amide) rings is 1. The molecule has 4 heterocycles. The van der Waals surface area contributed by atoms with E-state index in [9.17, 15) is 19.5 Å². The highest BCUT2D eigenvalue weighted by Crippen LogP contribution is 2.37. The number of anilines is 1. The average Bonchev–Trinajstić information content (AvgIpc) is 3.36. The Morgan fingerprint density at radius 2 is 2.00 bits per heavy atom. The van der Waals surface area contributed by atoms with Crippen LogP contribution >= 0.6 is 11.3 Å². The van der Waals surface area contributed by atoms with Crippen molar-refractivity contribution in [2.75, 3.05) is 5.73 Å². The number of hydrogen-bond donors (Lipinski definition) is 3. The van der Waals surface area contributed by atoms with Gasteiger partial charge >= 0.3 is 5.97 Å². The standard InChI is InChI=1S/C27H26N6O5S.H2O/c1-15-10-11-32(12-16(15)2)20-9-8-19-22(25(35)33(19)23(20)26(36)37)30-24(34)21(18-14-39-27(28)29-18)31-38-13-17-6-4-3-5-7-17;/h3-7,10-12,14,19,22H,8-9,13H2,1-2H3,(H3-,28,29,30,34,36,37);1H2/t19?,22-;/m0./s1. The monoisotopic (exact) mass is 564 g/mol. The zero-order valence-electron chi connectivity index (χ0n) is 21.8. The lowest BCUT2D eigenvalue weighted by Crippen LogP contribution is -2.72. The number of nitrogens with one attached hydrogen (secondary N) is 1. The number of carbonyl (C=O) groups excluding carboxylic acids is 2. The smallest absolute Gasteiger partial charge is 0.359 e. The van der Waals surface area contributed by atoms with Gasteiger partial charge in [0.2, 0.25) is 5.70 Å². The van der Waals surface area contributed by atoms with Crippen LogP contribution in [0, 0.1) is 13.8 Å². The number of benzene rings is 1. The Morgan fingerprint density at radius 3 is 2.65 bits per heavy atom. The van der Waals surface area contributed by atoms with Crippen molar-refractivity contribution >= 4 is 45.7 Å². The highest BCUT2D eigenvalue weighted by molar-refractivity contribution is 7.13. The molecule has 0 bridgehead atoms. The number of nitrogens with two attached hydrogens (primary N) is 1. The van der Waals surface area contributed by atoms with Gasteiger partial charge in [-0.2, -0.15) is 4.57 Å². The number of pyridine rings is 1. The maximum atomic E-state index is 13.3. The Bertz CT molecular complexity index is 1520. The first-order chi connectivity index (χ1) is 18.7. The van der Waals surface area contributed by atoms with Gasteiger partial charge in [-0.25, -0.2) is 9.78 Å². The molecule has 1 fully saturated rings. The van der Waals surface area contributed by atoms with Crippen LogP contribution in [0.1, 0.15) is 35.2 Å². The molecule has 2 atom stereocenters. The molecule has 0 radical (unpaired) electrons. The van der Waals surface area contributed by atoms with E-state index in [1.165, 1.54) is 4.90 Å². The van der Waals surface area contributed by atoms with E-state index < -0.39 is 29.9 Å². The lowest BCUT2D eigenvalue weighted by molar-refractivity contribution is -0.585. The van der Waals surface area contributed by atoms with Crippen molar-refractivity contribution in [1.82, 2.24) is 15.2 Å². The van der Waals surface area contributed by atoms with Crippen molar-refractivity contribution in [3.8, 4) is 0 Å². The first kappa shape index (κ1) is 28.4. The van der Waals surface area contributed by atoms with Crippen molar-refractivity contribution in [3.63, 3.8) is 0 Å². The number of carboxylic acids is 1. The third kappa shape index (κ3) is 5.42. The number of allylic oxidation sites excluding steroid dienone is 1. The lowest BCUT2D eigenvalue weighted by atomic mass is 9.85. The van der Waals surface area contributed by atoms with Crippen LogP contribution in [0.15, 0.2) is 65.0 Å². The Labute approximate surface area is 233 Å². The summed E-state index contributed by atoms with van der Waals surface area (Å²) < 4.78 is 1.75. The third-order valence-electron chi connectivity index (χ3n) is 6.86. The molecule has 5 N–H and O–H groups in total. The van der Waals surface area contributed by atoms with E-state index in [4.69, 9.17) is 10.6 Å². The van der Waals surface area contributed by atoms with Crippen LogP contribution in [0.25, 0.3) is 5.70 Å². The van der Waals surface area contributed by atoms with Gasteiger partial charge in [0.15, 0.2) is 28.9 Å². The number of amides is 2. The van der Waals surface area contributed by atoms with Crippen molar-refractivity contribution in [1.29, 1.82) is 0 Å². The maximum absolute atomic E-state index is 13.3. The normalized spacial score (nSPS) is 18.4. The number of nitrogens with zero attached hydrogens (tertiary/aromatic N) is 4. The van der Waals surface area contributed by atoms with Crippen LogP contribution in [-0.2, 0) is 25.8 Å². The molecule has 5 rings (SSSR count). The summed E-state index contributed by atoms with van der Waals surface area (Å²) in [6.07, 6.45) is 4.54. The predicted molar refractivity (Wildman–Crippen MR) is 145 cm³/mol. The molecule has 13 heteroatoms. The number of hydrogen-bond acceptors (Lipinski definition) is 9. The summed E-state index contributed by atoms with van der Waals surface area (Å²) in [7, 11) is 0. The van der Waals surface area contributed by atoms with E-state index in [2.05, 4.69) is 15.5 Å². The zero-order chi connectivity index (χ0) is 27.7. The molecular weight excluding hydrogens is 536 g/mol. The highest BCUT2D eigenvalue weighted by Gasteiger charge is 2.55. The fourth-order valence-electron chi connectivity index (χ4n) is 4.70. The Morgan fingerprint density at radius 1 is 1.25 bits per heavy atom. The molecule has 2 amide bonds. The van der Waals surface area contributed by atoms with Gasteiger partial charge in [0.1, 0.15) is 18.3 Å². The minimum Gasteiger partial charge on any atom is -0.870 e. The molecule has 2 aromatic heterocycles. The number of nitrogen functional groups attached to an aromatic ring is 1. The van der Waals surface area contributed by atoms with Crippen LogP contribution in [-0.4, -0.2) is 56.0 Å². The number of oxime groups is 1. The second-order valence-electron chi connectivity index (χ2n) is 9.35. The minimum absolute atomic E-state index is 0. The quantitative estimate of drug-likeness (QED) is 0.160. The first-order valence-corrected chi connectivity index (χ1v) is 13.2. The van der Waals surface area contributed by atoms with Crippen LogP contribution in [0.4, 0.5) is 5.13 Å². The van der Waals surface area contributed by atoms with Crippen molar-refractivity contribution in [2.45, 2.75) is 45.4 Å². The fourth-order valence-corrected chi connectivity index (χ4v) is 5.24. The molecule has 12 nitrogen and oxygen atoms in total. The number of fused-ring (bicyclic) bond motifs is 1. The first-order valence-electron chi connectivity index (χ1n) is 12.3. The average molecular weight is 565 g/mol. The molecule has 0 spiro atoms. The molecule has 208 valence electrons. The van der Waals surface area contributed by atoms with Gasteiger partial charge in [-0.3, -0.25) is 14.5 Å². The van der Waals surface area contributed by atoms with Gasteiger partial charge in [-0.15, -0.1) is 11.3 Å². The van der Waals surface area contributed by atoms with Gasteiger partial charge in [0.05, 0.1) is 6.04 Å². The molecule has 0 saturated carbocycles. The van der Waals surface area contributed by atoms with E-state index >= 15 is 0 Å². The molecule has 1 aromatic carbocycles. The van der Waals surface area contributed by atoms with E-state index in [1.807, 2.05) is 56.4 Å². The van der Waals surface area contributed by atoms with Gasteiger partial charge in [-0.1, -0.05) is 35.5 Å². The zero-order valence-corrected chi connectivity index (χ0v) is 22.6. The summed E-state index contributed by atoms with van der Waals surface area (Å²) in [5, 5.41) is 18.6. The third-order valence-corrected chi connectivity index (χ3v) is 7.54. The summed E-state index contributed by atoms with van der Waals surface area (Å²) >= 11 is 1.14. The number of rotatable bonds is 8. The predicted octanol–water partition coefficient (Wildman–Crippen LogP) is 1.82. The second-order valence-corrected chi connectivity index (χ2v) is 10.2. The van der Waals surface area contributed by atoms with Crippen LogP contribution < -0.4 is 15.6 Å². The summed E-state index contributed by atoms with van der Waals surface area (Å²) in [5.41, 5.74) is 9.23. The van der Waals surface area contributed by atoms with Crippen molar-refractivity contribution in [3.05, 3.63) is 82.3 Å². The second kappa shape index (κ2) is 11.6. The Balaban J connectivity index is 0.00000370. The molecule has 1 saturated heterocycles. The van der Waals surface area contributed by atoms with Gasteiger partial charge < -0.3 is 26.5 Å². The molecule has 1 unspecified atom stereocenters. The Kier molecular flexibility index (Phi) is 8.26. The van der Waals surface area contributed by atoms with Gasteiger partial charge in [-0.05, 0) is 31.4 Å². The van der Waals surface area contributed by atoms with E-state index in [-0.39, 0.29) is 34.3 Å². The van der Waals surface area contributed by atoms with Gasteiger partial charge in [0.25, 0.3) is 11.8 Å². The van der Waals surface area contributed by atoms with E-state index in [1.54, 1.807) is 16.1 Å². The molecule has 2 aliphatic heterocycles. The number of thiazole rings is 1. The Hall–Kier alpha value is -4.62. The van der Waals surface area contributed by atoms with Crippen LogP contribution in [0.3, 0.4) is 0 Å². The van der Waals surface area contributed by atoms with Crippen LogP contribution in [0.2, 0.25) is 0 Å². The molecular formula is C27H28N6O6S. The van der Waals surface area contributed by atoms with Gasteiger partial charge in [0, 0.05) is 23.4 Å². The summed E-state index contributed by atoms with van der Waals surface area (Å²) in [4.78, 5) is 49.6. The fraction of sp³-hybridized carbons (Fsp3) is 0.259. The molecule has 40 heavy (non-hydrogen) atoms. The number of aromatic nitrogens is 2. The number of carboxylic acid groups (broad SMARTS) is 1. The number of carbonyl (C=O) groups is 3. The molecule has 3 aromatic rings. The highest BCUT2D eigenvalue weighted by atomic mass is 32.1. The molecule has 0 aliphatic carbocycles. The van der Waals surface area contributed by atoms with Crippen molar-refractivity contribution in [2.24, 2.45) is 5.16 Å². The lowest BCUT2D eigenvalue weighted by Gasteiger charge is -2.48. The van der Waals surface area contributed by atoms with Crippen LogP contribution in [0.5, 0.6) is 0 Å². The van der Waals surface area contributed by atoms with E-state index in [0.29, 0.717) is 18.5 Å². The largest absolute Gasteiger partial charge is 0.870 e. The van der Waals surface area contributed by atoms with Crippen molar-refractivity contribution < 1.29 is 34.4 Å². The topological polar surface area (TPSA) is 181 Å². The number of aliphatic carboxylic acids is 1. The van der Waals surface area contributed by atoms with E-state index in [0.717, 1.165) is 28.0 Å².